The molecule has 2 heteroatoms. The monoisotopic (exact) mass is 328 g/mol. The average molecular weight is 328 g/mol. The highest BCUT2D eigenvalue weighted by Gasteiger charge is 2.56. The summed E-state index contributed by atoms with van der Waals surface area (Å²) in [6, 6.07) is 6.75. The first kappa shape index (κ1) is 16.4. The van der Waals surface area contributed by atoms with Crippen LogP contribution in [0.2, 0.25) is 0 Å². The van der Waals surface area contributed by atoms with Crippen molar-refractivity contribution in [1.82, 2.24) is 0 Å². The maximum absolute atomic E-state index is 10.3. The molecule has 0 saturated heterocycles. The topological polar surface area (TPSA) is 29.5 Å². The van der Waals surface area contributed by atoms with Crippen LogP contribution < -0.4 is 4.74 Å². The standard InChI is InChI=1S/C22H32O2/c1-13-11-15-12-16(24-4)5-6-17(15)18-9-10-22(3)19(14(2)23)7-8-20(22)21(13)18/h5-6,12-14,18-21,23H,7-11H2,1-4H3/t13-,14-,18-,19-,20-,21-,22-/m1/s1. The van der Waals surface area contributed by atoms with Gasteiger partial charge in [0.15, 0.2) is 0 Å². The van der Waals surface area contributed by atoms with Gasteiger partial charge in [-0.25, -0.2) is 0 Å². The van der Waals surface area contributed by atoms with Crippen LogP contribution in [0, 0.1) is 29.1 Å². The quantitative estimate of drug-likeness (QED) is 0.845. The fraction of sp³-hybridized carbons (Fsp3) is 0.727. The molecule has 0 spiro atoms. The Hall–Kier alpha value is -1.02. The molecule has 0 aromatic heterocycles. The Balaban J connectivity index is 1.70. The molecular weight excluding hydrogens is 296 g/mol. The van der Waals surface area contributed by atoms with E-state index in [2.05, 4.69) is 32.0 Å². The predicted octanol–water partition coefficient (Wildman–Crippen LogP) is 4.79. The van der Waals surface area contributed by atoms with E-state index in [0.717, 1.165) is 23.5 Å². The van der Waals surface area contributed by atoms with Crippen molar-refractivity contribution in [3.63, 3.8) is 0 Å². The van der Waals surface area contributed by atoms with Crippen LogP contribution in [0.1, 0.15) is 63.5 Å². The molecule has 1 N–H and O–H groups in total. The first-order valence-electron chi connectivity index (χ1n) is 9.80. The molecule has 24 heavy (non-hydrogen) atoms. The summed E-state index contributed by atoms with van der Waals surface area (Å²) in [6.07, 6.45) is 6.09. The molecule has 1 aromatic carbocycles. The molecule has 132 valence electrons. The zero-order valence-corrected chi connectivity index (χ0v) is 15.6. The Labute approximate surface area is 146 Å². The van der Waals surface area contributed by atoms with E-state index < -0.39 is 0 Å². The van der Waals surface area contributed by atoms with Crippen molar-refractivity contribution in [2.45, 2.75) is 64.9 Å². The largest absolute Gasteiger partial charge is 0.497 e. The summed E-state index contributed by atoms with van der Waals surface area (Å²) in [4.78, 5) is 0. The van der Waals surface area contributed by atoms with Crippen molar-refractivity contribution in [2.24, 2.45) is 29.1 Å². The summed E-state index contributed by atoms with van der Waals surface area (Å²) >= 11 is 0. The van der Waals surface area contributed by atoms with Gasteiger partial charge in [0.05, 0.1) is 13.2 Å². The van der Waals surface area contributed by atoms with Gasteiger partial charge in [-0.05, 0) is 97.3 Å². The van der Waals surface area contributed by atoms with E-state index in [9.17, 15) is 5.11 Å². The van der Waals surface area contributed by atoms with E-state index in [1.165, 1.54) is 37.7 Å². The molecule has 4 rings (SSSR count). The predicted molar refractivity (Wildman–Crippen MR) is 97.3 cm³/mol. The minimum atomic E-state index is -0.160. The van der Waals surface area contributed by atoms with E-state index in [1.807, 2.05) is 6.92 Å². The van der Waals surface area contributed by atoms with Gasteiger partial charge in [-0.1, -0.05) is 19.9 Å². The summed E-state index contributed by atoms with van der Waals surface area (Å²) in [5.74, 6) is 4.49. The molecule has 3 aliphatic rings. The highest BCUT2D eigenvalue weighted by atomic mass is 16.5. The van der Waals surface area contributed by atoms with Gasteiger partial charge in [-0.15, -0.1) is 0 Å². The molecule has 2 nitrogen and oxygen atoms in total. The summed E-state index contributed by atoms with van der Waals surface area (Å²) in [5.41, 5.74) is 3.44. The van der Waals surface area contributed by atoms with Crippen molar-refractivity contribution < 1.29 is 9.84 Å². The van der Waals surface area contributed by atoms with Crippen molar-refractivity contribution >= 4 is 0 Å². The Morgan fingerprint density at radius 1 is 1.25 bits per heavy atom. The first-order valence-corrected chi connectivity index (χ1v) is 9.80. The number of methoxy groups -OCH3 is 1. The number of hydrogen-bond acceptors (Lipinski definition) is 2. The van der Waals surface area contributed by atoms with Gasteiger partial charge < -0.3 is 9.84 Å². The van der Waals surface area contributed by atoms with Crippen molar-refractivity contribution in [3.8, 4) is 5.75 Å². The molecule has 1 aromatic rings. The number of aliphatic hydroxyl groups is 1. The van der Waals surface area contributed by atoms with E-state index in [-0.39, 0.29) is 6.10 Å². The maximum Gasteiger partial charge on any atom is 0.119 e. The van der Waals surface area contributed by atoms with Gasteiger partial charge in [-0.3, -0.25) is 0 Å². The lowest BCUT2D eigenvalue weighted by Crippen LogP contribution is -2.46. The third-order valence-electron chi connectivity index (χ3n) is 7.94. The van der Waals surface area contributed by atoms with Crippen LogP contribution in [0.5, 0.6) is 5.75 Å². The number of aliphatic hydroxyl groups excluding tert-OH is 1. The smallest absolute Gasteiger partial charge is 0.119 e. The number of ether oxygens (including phenoxy) is 1. The van der Waals surface area contributed by atoms with Crippen molar-refractivity contribution in [1.29, 1.82) is 0 Å². The van der Waals surface area contributed by atoms with Crippen LogP contribution in [-0.4, -0.2) is 18.3 Å². The Morgan fingerprint density at radius 3 is 2.75 bits per heavy atom. The summed E-state index contributed by atoms with van der Waals surface area (Å²) < 4.78 is 5.45. The second kappa shape index (κ2) is 5.76. The number of rotatable bonds is 2. The van der Waals surface area contributed by atoms with Crippen LogP contribution in [0.15, 0.2) is 18.2 Å². The van der Waals surface area contributed by atoms with Crippen LogP contribution in [0.4, 0.5) is 0 Å². The van der Waals surface area contributed by atoms with Gasteiger partial charge in [-0.2, -0.15) is 0 Å². The van der Waals surface area contributed by atoms with Crippen molar-refractivity contribution in [3.05, 3.63) is 29.3 Å². The number of fused-ring (bicyclic) bond motifs is 5. The van der Waals surface area contributed by atoms with E-state index in [0.29, 0.717) is 17.3 Å². The second-order valence-corrected chi connectivity index (χ2v) is 9.01. The summed E-state index contributed by atoms with van der Waals surface area (Å²) in [6.45, 7) is 6.95. The fourth-order valence-electron chi connectivity index (χ4n) is 6.91. The molecule has 7 atom stereocenters. The number of benzene rings is 1. The van der Waals surface area contributed by atoms with Crippen LogP contribution in [-0.2, 0) is 6.42 Å². The maximum atomic E-state index is 10.3. The Bertz CT molecular complexity index is 622. The first-order chi connectivity index (χ1) is 11.5. The molecule has 3 aliphatic carbocycles. The van der Waals surface area contributed by atoms with Crippen LogP contribution in [0.25, 0.3) is 0 Å². The van der Waals surface area contributed by atoms with Gasteiger partial charge in [0.1, 0.15) is 5.75 Å². The minimum absolute atomic E-state index is 0.160. The average Bonchev–Trinajstić information content (AvgIpc) is 2.91. The van der Waals surface area contributed by atoms with Gasteiger partial charge in [0.25, 0.3) is 0 Å². The highest BCUT2D eigenvalue weighted by molar-refractivity contribution is 5.41. The van der Waals surface area contributed by atoms with E-state index in [4.69, 9.17) is 4.74 Å². The molecule has 2 fully saturated rings. The highest BCUT2D eigenvalue weighted by Crippen LogP contribution is 2.64. The molecule has 0 amide bonds. The van der Waals surface area contributed by atoms with Crippen LogP contribution in [0.3, 0.4) is 0 Å². The normalized spacial score (nSPS) is 42.0. The molecule has 0 heterocycles. The Morgan fingerprint density at radius 2 is 2.04 bits per heavy atom. The summed E-state index contributed by atoms with van der Waals surface area (Å²) in [7, 11) is 1.76. The number of hydrogen-bond donors (Lipinski definition) is 1. The SMILES string of the molecule is COc1ccc2c(c1)C[C@@H](C)[C@@H]1[C@@H]2CC[C@@]2(C)[C@@H]1CC[C@@H]2[C@@H](C)O. The van der Waals surface area contributed by atoms with Crippen LogP contribution >= 0.6 is 0 Å². The molecule has 0 radical (unpaired) electrons. The Kier molecular flexibility index (Phi) is 3.95. The zero-order chi connectivity index (χ0) is 17.1. The molecule has 0 unspecified atom stereocenters. The third-order valence-corrected chi connectivity index (χ3v) is 7.94. The lowest BCUT2D eigenvalue weighted by molar-refractivity contribution is -0.0310. The zero-order valence-electron chi connectivity index (χ0n) is 15.6. The van der Waals surface area contributed by atoms with Crippen molar-refractivity contribution in [2.75, 3.05) is 7.11 Å². The van der Waals surface area contributed by atoms with E-state index >= 15 is 0 Å². The molecule has 0 bridgehead atoms. The summed E-state index contributed by atoms with van der Waals surface area (Å²) in [5, 5.41) is 10.3. The van der Waals surface area contributed by atoms with Gasteiger partial charge in [0, 0.05) is 0 Å². The third kappa shape index (κ3) is 2.25. The van der Waals surface area contributed by atoms with E-state index in [1.54, 1.807) is 12.7 Å². The van der Waals surface area contributed by atoms with Gasteiger partial charge in [0.2, 0.25) is 0 Å². The molecule has 2 saturated carbocycles. The van der Waals surface area contributed by atoms with Gasteiger partial charge >= 0.3 is 0 Å². The fourth-order valence-corrected chi connectivity index (χ4v) is 6.91. The second-order valence-electron chi connectivity index (χ2n) is 9.01. The molecule has 0 aliphatic heterocycles. The lowest BCUT2D eigenvalue weighted by Gasteiger charge is -2.53. The molecular formula is C22H32O2. The minimum Gasteiger partial charge on any atom is -0.497 e. The lowest BCUT2D eigenvalue weighted by atomic mass is 9.51.